The second-order valence-corrected chi connectivity index (χ2v) is 13.3. The Morgan fingerprint density at radius 1 is 0.909 bits per heavy atom. The summed E-state index contributed by atoms with van der Waals surface area (Å²) in [6.07, 6.45) is 14.9. The summed E-state index contributed by atoms with van der Waals surface area (Å²) in [4.78, 5) is 27.4. The quantitative estimate of drug-likeness (QED) is 0.184. The van der Waals surface area contributed by atoms with Crippen LogP contribution in [-0.2, 0) is 30.2 Å². The minimum Gasteiger partial charge on any atom is -0.350 e. The van der Waals surface area contributed by atoms with Gasteiger partial charge in [-0.3, -0.25) is 4.79 Å². The second-order valence-electron chi connectivity index (χ2n) is 13.3. The number of amides is 3. The first-order valence-electron chi connectivity index (χ1n) is 17.3. The molecule has 0 radical (unpaired) electrons. The van der Waals surface area contributed by atoms with Gasteiger partial charge in [0.15, 0.2) is 12.1 Å². The monoisotopic (exact) mass is 615 g/mol. The molecule has 0 bridgehead atoms. The third-order valence-corrected chi connectivity index (χ3v) is 8.95. The van der Waals surface area contributed by atoms with Crippen molar-refractivity contribution in [3.8, 4) is 0 Å². The molecule has 2 N–H and O–H groups in total. The average molecular weight is 616 g/mol. The molecule has 1 aromatic rings. The van der Waals surface area contributed by atoms with Gasteiger partial charge in [-0.15, -0.1) is 0 Å². The number of likely N-dealkylation sites (tertiary alicyclic amines) is 1. The van der Waals surface area contributed by atoms with Crippen LogP contribution in [0.5, 0.6) is 0 Å². The van der Waals surface area contributed by atoms with Crippen LogP contribution in [0.4, 0.5) is 10.5 Å². The van der Waals surface area contributed by atoms with Gasteiger partial charge >= 0.3 is 6.03 Å². The van der Waals surface area contributed by atoms with Crippen LogP contribution in [0, 0.1) is 0 Å². The first-order valence-corrected chi connectivity index (χ1v) is 17.3. The van der Waals surface area contributed by atoms with Crippen LogP contribution in [0.15, 0.2) is 24.3 Å². The maximum absolute atomic E-state index is 12.9. The summed E-state index contributed by atoms with van der Waals surface area (Å²) >= 11 is 0. The van der Waals surface area contributed by atoms with Crippen molar-refractivity contribution < 1.29 is 28.5 Å². The van der Waals surface area contributed by atoms with Crippen molar-refractivity contribution in [2.75, 3.05) is 25.0 Å². The van der Waals surface area contributed by atoms with E-state index < -0.39 is 18.2 Å². The van der Waals surface area contributed by atoms with E-state index in [1.54, 1.807) is 0 Å². The third kappa shape index (κ3) is 10.7. The fourth-order valence-electron chi connectivity index (χ4n) is 6.51. The summed E-state index contributed by atoms with van der Waals surface area (Å²) in [5, 5.41) is 5.90. The Labute approximate surface area is 265 Å². The topological polar surface area (TPSA) is 98.4 Å². The van der Waals surface area contributed by atoms with Crippen LogP contribution >= 0.6 is 0 Å². The van der Waals surface area contributed by atoms with E-state index in [1.165, 1.54) is 57.8 Å². The van der Waals surface area contributed by atoms with Crippen molar-refractivity contribution in [3.05, 3.63) is 29.8 Å². The molecule has 1 aromatic carbocycles. The zero-order chi connectivity index (χ0) is 31.4. The first kappa shape index (κ1) is 34.7. The Morgan fingerprint density at radius 2 is 1.52 bits per heavy atom. The van der Waals surface area contributed by atoms with Crippen LogP contribution in [0.3, 0.4) is 0 Å². The number of ether oxygens (including phenoxy) is 4. The highest BCUT2D eigenvalue weighted by molar-refractivity contribution is 5.89. The van der Waals surface area contributed by atoms with Crippen molar-refractivity contribution in [2.24, 2.45) is 0 Å². The van der Waals surface area contributed by atoms with E-state index in [9.17, 15) is 9.59 Å². The molecule has 248 valence electrons. The predicted molar refractivity (Wildman–Crippen MR) is 172 cm³/mol. The van der Waals surface area contributed by atoms with Gasteiger partial charge in [0.1, 0.15) is 18.3 Å². The summed E-state index contributed by atoms with van der Waals surface area (Å²) in [5.41, 5.74) is 1.60. The molecule has 3 aliphatic rings. The Bertz CT molecular complexity index is 1010. The lowest BCUT2D eigenvalue weighted by atomic mass is 10.1. The molecule has 44 heavy (non-hydrogen) atoms. The molecule has 3 amide bonds. The van der Waals surface area contributed by atoms with Gasteiger partial charge in [0.05, 0.1) is 12.5 Å². The minimum atomic E-state index is -0.741. The van der Waals surface area contributed by atoms with Gasteiger partial charge in [0.2, 0.25) is 5.91 Å². The molecule has 3 heterocycles. The second kappa shape index (κ2) is 17.5. The summed E-state index contributed by atoms with van der Waals surface area (Å²) < 4.78 is 24.8. The summed E-state index contributed by atoms with van der Waals surface area (Å²) in [6, 6.07) is 6.79. The van der Waals surface area contributed by atoms with E-state index in [0.29, 0.717) is 18.7 Å². The van der Waals surface area contributed by atoms with Crippen molar-refractivity contribution >= 4 is 17.6 Å². The Kier molecular flexibility index (Phi) is 13.8. The third-order valence-electron chi connectivity index (χ3n) is 8.95. The van der Waals surface area contributed by atoms with E-state index in [1.807, 2.05) is 49.9 Å². The molecule has 0 unspecified atom stereocenters. The molecule has 9 heteroatoms. The lowest BCUT2D eigenvalue weighted by Gasteiger charge is -2.27. The van der Waals surface area contributed by atoms with Gasteiger partial charge in [-0.25, -0.2) is 4.79 Å². The number of unbranched alkanes of at least 4 members (excludes halogenated alkanes) is 9. The maximum Gasteiger partial charge on any atom is 0.319 e. The number of benzene rings is 1. The Hall–Kier alpha value is -2.20. The predicted octanol–water partition coefficient (Wildman–Crippen LogP) is 6.93. The number of rotatable bonds is 17. The summed E-state index contributed by atoms with van der Waals surface area (Å²) in [6.45, 7) is 10.3. The van der Waals surface area contributed by atoms with Crippen LogP contribution in [0.2, 0.25) is 0 Å². The summed E-state index contributed by atoms with van der Waals surface area (Å²) in [7, 11) is 0. The minimum absolute atomic E-state index is 0.166. The number of hydrogen-bond acceptors (Lipinski definition) is 6. The molecule has 3 saturated heterocycles. The average Bonchev–Trinajstić information content (AvgIpc) is 3.50. The number of nitrogens with one attached hydrogen (secondary N) is 2. The smallest absolute Gasteiger partial charge is 0.319 e. The molecule has 9 nitrogen and oxygen atoms in total. The lowest BCUT2D eigenvalue weighted by molar-refractivity contribution is -0.235. The number of urea groups is 1. The van der Waals surface area contributed by atoms with Crippen LogP contribution < -0.4 is 10.6 Å². The molecule has 0 aromatic heterocycles. The van der Waals surface area contributed by atoms with E-state index >= 15 is 0 Å². The van der Waals surface area contributed by atoms with Crippen molar-refractivity contribution in [3.63, 3.8) is 0 Å². The highest BCUT2D eigenvalue weighted by Gasteiger charge is 2.57. The van der Waals surface area contributed by atoms with E-state index in [-0.39, 0.29) is 30.2 Å². The van der Waals surface area contributed by atoms with E-state index in [2.05, 4.69) is 17.6 Å². The first-order chi connectivity index (χ1) is 21.3. The van der Waals surface area contributed by atoms with Crippen LogP contribution in [0.25, 0.3) is 0 Å². The molecule has 5 atom stereocenters. The molecule has 3 fully saturated rings. The van der Waals surface area contributed by atoms with Gasteiger partial charge in [-0.1, -0.05) is 76.8 Å². The SMILES string of the molecule is CCCCCCCCCCCCO[C@H]1O[C@H]([C@H](C)NC(=O)Nc2ccc(CC(=O)N3CCCCC3)cc2)[C@@H]2OC(C)(C)O[C@H]12. The number of hydrogen-bond donors (Lipinski definition) is 2. The van der Waals surface area contributed by atoms with Gasteiger partial charge < -0.3 is 34.5 Å². The largest absolute Gasteiger partial charge is 0.350 e. The number of carbonyl (C=O) groups excluding carboxylic acids is 2. The van der Waals surface area contributed by atoms with Gasteiger partial charge in [0, 0.05) is 25.4 Å². The molecule has 3 aliphatic heterocycles. The molecule has 0 aliphatic carbocycles. The number of piperidine rings is 1. The van der Waals surface area contributed by atoms with Crippen molar-refractivity contribution in [1.29, 1.82) is 0 Å². The van der Waals surface area contributed by atoms with Gasteiger partial charge in [-0.05, 0) is 64.2 Å². The number of anilines is 1. The van der Waals surface area contributed by atoms with E-state index in [0.717, 1.165) is 44.3 Å². The highest BCUT2D eigenvalue weighted by Crippen LogP contribution is 2.40. The van der Waals surface area contributed by atoms with Crippen molar-refractivity contribution in [1.82, 2.24) is 10.2 Å². The fourth-order valence-corrected chi connectivity index (χ4v) is 6.51. The van der Waals surface area contributed by atoms with Gasteiger partial charge in [0.25, 0.3) is 0 Å². The molecular formula is C35H57N3O6. The van der Waals surface area contributed by atoms with Crippen LogP contribution in [-0.4, -0.2) is 73.0 Å². The molecule has 0 spiro atoms. The highest BCUT2D eigenvalue weighted by atomic mass is 16.8. The number of fused-ring (bicyclic) bond motifs is 1. The standard InChI is InChI=1S/C35H57N3O6/c1-5-6-7-8-9-10-11-12-13-17-24-41-33-32-31(43-35(3,4)44-32)30(42-33)26(2)36-34(40)37-28-20-18-27(19-21-28)25-29(39)38-22-15-14-16-23-38/h18-21,26,30-33H,5-17,22-25H2,1-4H3,(H2,36,37,40)/t26-,30+,31-,32-,33-/m0/s1. The molecular weight excluding hydrogens is 558 g/mol. The Morgan fingerprint density at radius 3 is 2.18 bits per heavy atom. The van der Waals surface area contributed by atoms with Crippen LogP contribution in [0.1, 0.15) is 117 Å². The summed E-state index contributed by atoms with van der Waals surface area (Å²) in [5.74, 6) is -0.575. The fraction of sp³-hybridized carbons (Fsp3) is 0.771. The zero-order valence-electron chi connectivity index (χ0n) is 27.6. The molecule has 4 rings (SSSR count). The molecule has 0 saturated carbocycles. The Balaban J connectivity index is 1.18. The number of nitrogens with zero attached hydrogens (tertiary/aromatic N) is 1. The van der Waals surface area contributed by atoms with Crippen molar-refractivity contribution in [2.45, 2.75) is 154 Å². The zero-order valence-corrected chi connectivity index (χ0v) is 27.6. The lowest BCUT2D eigenvalue weighted by Crippen LogP contribution is -2.48. The maximum atomic E-state index is 12.9. The van der Waals surface area contributed by atoms with Gasteiger partial charge in [-0.2, -0.15) is 0 Å². The number of carbonyl (C=O) groups is 2. The van der Waals surface area contributed by atoms with E-state index in [4.69, 9.17) is 18.9 Å². The normalized spacial score (nSPS) is 25.0.